The fourth-order valence-corrected chi connectivity index (χ4v) is 5.33. The van der Waals surface area contributed by atoms with Gasteiger partial charge < -0.3 is 9.88 Å². The molecule has 0 aliphatic carbocycles. The van der Waals surface area contributed by atoms with Crippen LogP contribution in [0.25, 0.3) is 10.9 Å². The Morgan fingerprint density at radius 2 is 1.56 bits per heavy atom. The molecule has 0 bridgehead atoms. The second-order valence-corrected chi connectivity index (χ2v) is 9.94. The molecular formula is C26H26N2O3S. The molecule has 3 aromatic carbocycles. The molecule has 4 rings (SSSR count). The fourth-order valence-electron chi connectivity index (χ4n) is 3.75. The zero-order valence-electron chi connectivity index (χ0n) is 18.2. The van der Waals surface area contributed by atoms with Crippen molar-refractivity contribution in [3.63, 3.8) is 0 Å². The normalized spacial score (nSPS) is 11.6. The van der Waals surface area contributed by atoms with Crippen LogP contribution in [0.2, 0.25) is 0 Å². The van der Waals surface area contributed by atoms with Gasteiger partial charge in [-0.3, -0.25) is 4.79 Å². The highest BCUT2D eigenvalue weighted by atomic mass is 32.2. The number of hydrogen-bond acceptors (Lipinski definition) is 3. The molecule has 5 nitrogen and oxygen atoms in total. The van der Waals surface area contributed by atoms with Crippen molar-refractivity contribution in [2.24, 2.45) is 0 Å². The van der Waals surface area contributed by atoms with Gasteiger partial charge in [0.1, 0.15) is 6.54 Å². The Kier molecular flexibility index (Phi) is 6.15. The summed E-state index contributed by atoms with van der Waals surface area (Å²) in [6.07, 6.45) is 2.51. The predicted molar refractivity (Wildman–Crippen MR) is 128 cm³/mol. The Labute approximate surface area is 188 Å². The number of sulfone groups is 1. The predicted octanol–water partition coefficient (Wildman–Crippen LogP) is 5.12. The first-order valence-corrected chi connectivity index (χ1v) is 12.3. The van der Waals surface area contributed by atoms with Crippen LogP contribution in [0.1, 0.15) is 23.6 Å². The molecule has 0 unspecified atom stereocenters. The van der Waals surface area contributed by atoms with Crippen molar-refractivity contribution in [1.82, 2.24) is 4.57 Å². The topological polar surface area (TPSA) is 68.2 Å². The number of benzene rings is 3. The van der Waals surface area contributed by atoms with Crippen LogP contribution >= 0.6 is 0 Å². The molecule has 1 N–H and O–H groups in total. The average molecular weight is 447 g/mol. The van der Waals surface area contributed by atoms with Crippen molar-refractivity contribution < 1.29 is 13.2 Å². The molecule has 32 heavy (non-hydrogen) atoms. The summed E-state index contributed by atoms with van der Waals surface area (Å²) >= 11 is 0. The number of aryl methyl sites for hydroxylation is 2. The molecule has 0 fully saturated rings. The van der Waals surface area contributed by atoms with Crippen LogP contribution in [0.15, 0.2) is 83.9 Å². The van der Waals surface area contributed by atoms with Gasteiger partial charge in [0, 0.05) is 22.8 Å². The largest absolute Gasteiger partial charge is 0.337 e. The third kappa shape index (κ3) is 4.75. The second-order valence-electron chi connectivity index (χ2n) is 7.98. The smallest absolute Gasteiger partial charge is 0.244 e. The van der Waals surface area contributed by atoms with E-state index in [9.17, 15) is 13.2 Å². The molecule has 1 heterocycles. The van der Waals surface area contributed by atoms with Crippen LogP contribution in [-0.2, 0) is 33.4 Å². The minimum atomic E-state index is -3.59. The summed E-state index contributed by atoms with van der Waals surface area (Å²) in [4.78, 5) is 12.9. The number of hydrogen-bond donors (Lipinski definition) is 1. The molecule has 0 aliphatic rings. The van der Waals surface area contributed by atoms with E-state index >= 15 is 0 Å². The molecule has 0 atom stereocenters. The van der Waals surface area contributed by atoms with Gasteiger partial charge in [0.2, 0.25) is 5.91 Å². The van der Waals surface area contributed by atoms with E-state index in [1.807, 2.05) is 73.7 Å². The lowest BCUT2D eigenvalue weighted by Gasteiger charge is -2.08. The number of fused-ring (bicyclic) bond motifs is 1. The van der Waals surface area contributed by atoms with Crippen molar-refractivity contribution in [3.05, 3.63) is 95.7 Å². The standard InChI is InChI=1S/C26H26N2O3S/c1-3-20-12-14-22(15-13-20)27-26(29)17-28-16-25(23-6-4-5-7-24(23)28)32(30,31)18-21-10-8-19(2)9-11-21/h4-16H,3,17-18H2,1-2H3,(H,27,29). The lowest BCUT2D eigenvalue weighted by Crippen LogP contribution is -2.18. The highest BCUT2D eigenvalue weighted by Gasteiger charge is 2.22. The van der Waals surface area contributed by atoms with Gasteiger partial charge in [0.15, 0.2) is 9.84 Å². The van der Waals surface area contributed by atoms with E-state index in [1.54, 1.807) is 16.8 Å². The van der Waals surface area contributed by atoms with Crippen molar-refractivity contribution in [3.8, 4) is 0 Å². The Hall–Kier alpha value is -3.38. The molecule has 164 valence electrons. The van der Waals surface area contributed by atoms with Crippen molar-refractivity contribution in [2.75, 3.05) is 5.32 Å². The van der Waals surface area contributed by atoms with E-state index in [-0.39, 0.29) is 23.1 Å². The number of rotatable bonds is 7. The van der Waals surface area contributed by atoms with Gasteiger partial charge in [-0.1, -0.05) is 67.1 Å². The second kappa shape index (κ2) is 9.01. The molecular weight excluding hydrogens is 420 g/mol. The van der Waals surface area contributed by atoms with Crippen molar-refractivity contribution >= 4 is 32.3 Å². The molecule has 0 saturated carbocycles. The molecule has 0 radical (unpaired) electrons. The molecule has 6 heteroatoms. The summed E-state index contributed by atoms with van der Waals surface area (Å²) in [5.74, 6) is -0.297. The van der Waals surface area contributed by atoms with Gasteiger partial charge in [0.05, 0.1) is 10.6 Å². The highest BCUT2D eigenvalue weighted by Crippen LogP contribution is 2.28. The van der Waals surface area contributed by atoms with E-state index in [4.69, 9.17) is 0 Å². The number of nitrogens with one attached hydrogen (secondary N) is 1. The van der Waals surface area contributed by atoms with Crippen molar-refractivity contribution in [2.45, 2.75) is 37.5 Å². The van der Waals surface area contributed by atoms with Crippen LogP contribution in [0, 0.1) is 6.92 Å². The summed E-state index contributed by atoms with van der Waals surface area (Å²) in [6.45, 7) is 4.07. The Balaban J connectivity index is 1.60. The average Bonchev–Trinajstić information content (AvgIpc) is 3.15. The maximum atomic E-state index is 13.2. The number of aromatic nitrogens is 1. The van der Waals surface area contributed by atoms with E-state index in [0.717, 1.165) is 23.2 Å². The first kappa shape index (κ1) is 21.8. The van der Waals surface area contributed by atoms with Crippen LogP contribution < -0.4 is 5.32 Å². The minimum absolute atomic E-state index is 0.0239. The fraction of sp³-hybridized carbons (Fsp3) is 0.192. The molecule has 0 saturated heterocycles. The van der Waals surface area contributed by atoms with Gasteiger partial charge >= 0.3 is 0 Å². The Morgan fingerprint density at radius 3 is 2.25 bits per heavy atom. The van der Waals surface area contributed by atoms with E-state index in [1.165, 1.54) is 5.56 Å². The number of nitrogens with zero attached hydrogens (tertiary/aromatic N) is 1. The third-order valence-corrected chi connectivity index (χ3v) is 7.23. The lowest BCUT2D eigenvalue weighted by molar-refractivity contribution is -0.116. The number of carbonyl (C=O) groups is 1. The first-order chi connectivity index (χ1) is 15.4. The third-order valence-electron chi connectivity index (χ3n) is 5.52. The number of amides is 1. The molecule has 1 amide bonds. The van der Waals surface area contributed by atoms with Crippen LogP contribution in [0.5, 0.6) is 0 Å². The number of carbonyl (C=O) groups excluding carboxylic acids is 1. The minimum Gasteiger partial charge on any atom is -0.337 e. The summed E-state index contributed by atoms with van der Waals surface area (Å²) < 4.78 is 28.2. The SMILES string of the molecule is CCc1ccc(NC(=O)Cn2cc(S(=O)(=O)Cc3ccc(C)cc3)c3ccccc32)cc1. The van der Waals surface area contributed by atoms with Crippen LogP contribution in [0.3, 0.4) is 0 Å². The maximum absolute atomic E-state index is 13.2. The molecule has 0 spiro atoms. The van der Waals surface area contributed by atoms with Gasteiger partial charge in [-0.05, 0) is 42.7 Å². The molecule has 4 aromatic rings. The maximum Gasteiger partial charge on any atom is 0.244 e. The summed E-state index contributed by atoms with van der Waals surface area (Å²) in [6, 6.07) is 22.5. The van der Waals surface area contributed by atoms with Gasteiger partial charge in [0.25, 0.3) is 0 Å². The van der Waals surface area contributed by atoms with E-state index < -0.39 is 9.84 Å². The Morgan fingerprint density at radius 1 is 0.906 bits per heavy atom. The number of para-hydroxylation sites is 1. The summed E-state index contributed by atoms with van der Waals surface area (Å²) in [5.41, 5.74) is 4.45. The number of anilines is 1. The Bertz CT molecular complexity index is 1350. The van der Waals surface area contributed by atoms with Crippen LogP contribution in [0.4, 0.5) is 5.69 Å². The van der Waals surface area contributed by atoms with Crippen LogP contribution in [-0.4, -0.2) is 18.9 Å². The lowest BCUT2D eigenvalue weighted by atomic mass is 10.1. The zero-order valence-corrected chi connectivity index (χ0v) is 19.0. The summed E-state index contributed by atoms with van der Waals surface area (Å²) in [7, 11) is -3.59. The van der Waals surface area contributed by atoms with Crippen molar-refractivity contribution in [1.29, 1.82) is 0 Å². The summed E-state index contributed by atoms with van der Waals surface area (Å²) in [5, 5.41) is 3.52. The molecule has 1 aromatic heterocycles. The monoisotopic (exact) mass is 446 g/mol. The molecule has 0 aliphatic heterocycles. The van der Waals surface area contributed by atoms with Gasteiger partial charge in [-0.15, -0.1) is 0 Å². The quantitative estimate of drug-likeness (QED) is 0.428. The van der Waals surface area contributed by atoms with Gasteiger partial charge in [-0.2, -0.15) is 0 Å². The first-order valence-electron chi connectivity index (χ1n) is 10.6. The van der Waals surface area contributed by atoms with E-state index in [0.29, 0.717) is 10.9 Å². The van der Waals surface area contributed by atoms with Gasteiger partial charge in [-0.25, -0.2) is 8.42 Å². The van der Waals surface area contributed by atoms with E-state index in [2.05, 4.69) is 12.2 Å². The zero-order chi connectivity index (χ0) is 22.7. The highest BCUT2D eigenvalue weighted by molar-refractivity contribution is 7.90.